The molecule has 1 aliphatic heterocycles. The molecule has 1 saturated heterocycles. The van der Waals surface area contributed by atoms with Gasteiger partial charge in [0.1, 0.15) is 6.04 Å². The van der Waals surface area contributed by atoms with Gasteiger partial charge >= 0.3 is 0 Å². The molecule has 1 atom stereocenters. The van der Waals surface area contributed by atoms with Crippen molar-refractivity contribution in [2.75, 3.05) is 19.8 Å². The first-order valence-corrected chi connectivity index (χ1v) is 6.45. The standard InChI is InChI=1S/C12H23N3O3/c1-3-6-14-10(16)9(2)15-11(17)12(13)4-7-18-8-5-12/h9H,3-8,13H2,1-2H3,(H,14,16)(H,15,17). The summed E-state index contributed by atoms with van der Waals surface area (Å²) in [4.78, 5) is 23.7. The van der Waals surface area contributed by atoms with E-state index in [4.69, 9.17) is 10.5 Å². The summed E-state index contributed by atoms with van der Waals surface area (Å²) in [7, 11) is 0. The Bertz CT molecular complexity index is 301. The molecule has 4 N–H and O–H groups in total. The Hall–Kier alpha value is -1.14. The number of carbonyl (C=O) groups excluding carboxylic acids is 2. The van der Waals surface area contributed by atoms with Crippen molar-refractivity contribution in [2.24, 2.45) is 5.73 Å². The largest absolute Gasteiger partial charge is 0.381 e. The molecule has 1 aliphatic rings. The minimum absolute atomic E-state index is 0.180. The summed E-state index contributed by atoms with van der Waals surface area (Å²) in [6.07, 6.45) is 1.84. The summed E-state index contributed by atoms with van der Waals surface area (Å²) in [5.41, 5.74) is 5.12. The van der Waals surface area contributed by atoms with Crippen molar-refractivity contribution in [1.29, 1.82) is 0 Å². The van der Waals surface area contributed by atoms with Crippen LogP contribution in [0.3, 0.4) is 0 Å². The predicted molar refractivity (Wildman–Crippen MR) is 67.9 cm³/mol. The normalized spacial score (nSPS) is 19.9. The molecule has 1 heterocycles. The summed E-state index contributed by atoms with van der Waals surface area (Å²) in [5.74, 6) is -0.453. The van der Waals surface area contributed by atoms with Gasteiger partial charge in [-0.3, -0.25) is 9.59 Å². The third-order valence-corrected chi connectivity index (χ3v) is 3.13. The van der Waals surface area contributed by atoms with Crippen molar-refractivity contribution in [2.45, 2.75) is 44.7 Å². The van der Waals surface area contributed by atoms with Gasteiger partial charge in [-0.2, -0.15) is 0 Å². The summed E-state index contributed by atoms with van der Waals surface area (Å²) in [6.45, 7) is 5.22. The number of nitrogens with two attached hydrogens (primary N) is 1. The van der Waals surface area contributed by atoms with Crippen LogP contribution in [-0.2, 0) is 14.3 Å². The highest BCUT2D eigenvalue weighted by Gasteiger charge is 2.36. The maximum Gasteiger partial charge on any atom is 0.242 e. The van der Waals surface area contributed by atoms with E-state index in [1.165, 1.54) is 0 Å². The molecule has 0 aliphatic carbocycles. The lowest BCUT2D eigenvalue weighted by molar-refractivity contribution is -0.134. The van der Waals surface area contributed by atoms with Crippen LogP contribution in [0.25, 0.3) is 0 Å². The van der Waals surface area contributed by atoms with Gasteiger partial charge in [0.15, 0.2) is 0 Å². The van der Waals surface area contributed by atoms with Gasteiger partial charge < -0.3 is 21.1 Å². The zero-order valence-electron chi connectivity index (χ0n) is 11.1. The Morgan fingerprint density at radius 1 is 1.39 bits per heavy atom. The van der Waals surface area contributed by atoms with E-state index in [0.29, 0.717) is 32.6 Å². The third-order valence-electron chi connectivity index (χ3n) is 3.13. The smallest absolute Gasteiger partial charge is 0.242 e. The van der Waals surface area contributed by atoms with Gasteiger partial charge in [-0.25, -0.2) is 0 Å². The van der Waals surface area contributed by atoms with Gasteiger partial charge in [0.2, 0.25) is 11.8 Å². The van der Waals surface area contributed by atoms with E-state index in [1.54, 1.807) is 6.92 Å². The number of carbonyl (C=O) groups is 2. The molecule has 6 nitrogen and oxygen atoms in total. The topological polar surface area (TPSA) is 93.5 Å². The summed E-state index contributed by atoms with van der Waals surface area (Å²) >= 11 is 0. The average Bonchev–Trinajstić information content (AvgIpc) is 2.36. The number of nitrogens with one attached hydrogen (secondary N) is 2. The summed E-state index contributed by atoms with van der Waals surface area (Å²) in [6, 6.07) is -0.563. The molecule has 0 saturated carbocycles. The van der Waals surface area contributed by atoms with Gasteiger partial charge in [-0.15, -0.1) is 0 Å². The lowest BCUT2D eigenvalue weighted by atomic mass is 9.90. The van der Waals surface area contributed by atoms with E-state index in [9.17, 15) is 9.59 Å². The van der Waals surface area contributed by atoms with E-state index < -0.39 is 11.6 Å². The Morgan fingerprint density at radius 3 is 2.56 bits per heavy atom. The first kappa shape index (κ1) is 14.9. The lowest BCUT2D eigenvalue weighted by Crippen LogP contribution is -2.60. The molecule has 0 bridgehead atoms. The number of amides is 2. The Morgan fingerprint density at radius 2 is 2.00 bits per heavy atom. The lowest BCUT2D eigenvalue weighted by Gasteiger charge is -2.32. The highest BCUT2D eigenvalue weighted by Crippen LogP contribution is 2.17. The number of hydrogen-bond donors (Lipinski definition) is 3. The molecule has 104 valence electrons. The van der Waals surface area contributed by atoms with Crippen molar-refractivity contribution < 1.29 is 14.3 Å². The summed E-state index contributed by atoms with van der Waals surface area (Å²) in [5, 5.41) is 5.40. The molecule has 0 spiro atoms. The fourth-order valence-corrected chi connectivity index (χ4v) is 1.77. The molecule has 1 unspecified atom stereocenters. The van der Waals surface area contributed by atoms with Crippen LogP contribution < -0.4 is 16.4 Å². The van der Waals surface area contributed by atoms with Crippen LogP contribution in [0.15, 0.2) is 0 Å². The van der Waals surface area contributed by atoms with Crippen molar-refractivity contribution >= 4 is 11.8 Å². The second kappa shape index (κ2) is 6.70. The van der Waals surface area contributed by atoms with Gasteiger partial charge in [0, 0.05) is 19.8 Å². The van der Waals surface area contributed by atoms with Gasteiger partial charge in [-0.1, -0.05) is 6.92 Å². The second-order valence-electron chi connectivity index (χ2n) is 4.75. The van der Waals surface area contributed by atoms with Crippen LogP contribution in [0.1, 0.15) is 33.1 Å². The van der Waals surface area contributed by atoms with E-state index in [2.05, 4.69) is 10.6 Å². The first-order chi connectivity index (χ1) is 8.49. The predicted octanol–water partition coefficient (Wildman–Crippen LogP) is -0.475. The van der Waals surface area contributed by atoms with Crippen molar-refractivity contribution in [1.82, 2.24) is 10.6 Å². The maximum absolute atomic E-state index is 12.0. The molecule has 2 amide bonds. The second-order valence-corrected chi connectivity index (χ2v) is 4.75. The van der Waals surface area contributed by atoms with Crippen molar-refractivity contribution in [3.63, 3.8) is 0 Å². The zero-order chi connectivity index (χ0) is 13.6. The zero-order valence-corrected chi connectivity index (χ0v) is 11.1. The number of hydrogen-bond acceptors (Lipinski definition) is 4. The Balaban J connectivity index is 2.45. The highest BCUT2D eigenvalue weighted by molar-refractivity contribution is 5.91. The minimum Gasteiger partial charge on any atom is -0.381 e. The number of ether oxygens (including phenoxy) is 1. The van der Waals surface area contributed by atoms with Gasteiger partial charge in [-0.05, 0) is 26.2 Å². The first-order valence-electron chi connectivity index (χ1n) is 6.45. The molecule has 0 radical (unpaired) electrons. The molecule has 0 aromatic carbocycles. The van der Waals surface area contributed by atoms with Crippen LogP contribution in [0.4, 0.5) is 0 Å². The minimum atomic E-state index is -0.905. The van der Waals surface area contributed by atoms with Crippen molar-refractivity contribution in [3.05, 3.63) is 0 Å². The van der Waals surface area contributed by atoms with Crippen LogP contribution in [0.5, 0.6) is 0 Å². The Kier molecular flexibility index (Phi) is 5.55. The molecular weight excluding hydrogens is 234 g/mol. The van der Waals surface area contributed by atoms with Gasteiger partial charge in [0.25, 0.3) is 0 Å². The molecule has 0 aromatic heterocycles. The Labute approximate surface area is 108 Å². The molecule has 18 heavy (non-hydrogen) atoms. The van der Waals surface area contributed by atoms with Crippen LogP contribution in [-0.4, -0.2) is 43.2 Å². The van der Waals surface area contributed by atoms with Crippen LogP contribution >= 0.6 is 0 Å². The summed E-state index contributed by atoms with van der Waals surface area (Å²) < 4.78 is 5.18. The molecule has 6 heteroatoms. The molecule has 1 rings (SSSR count). The van der Waals surface area contributed by atoms with Gasteiger partial charge in [0.05, 0.1) is 5.54 Å². The fourth-order valence-electron chi connectivity index (χ4n) is 1.77. The maximum atomic E-state index is 12.0. The van der Waals surface area contributed by atoms with E-state index in [0.717, 1.165) is 6.42 Å². The number of rotatable bonds is 5. The highest BCUT2D eigenvalue weighted by atomic mass is 16.5. The molecular formula is C12H23N3O3. The quantitative estimate of drug-likeness (QED) is 0.620. The molecule has 1 fully saturated rings. The SMILES string of the molecule is CCCNC(=O)C(C)NC(=O)C1(N)CCOCC1. The van der Waals surface area contributed by atoms with Crippen molar-refractivity contribution in [3.8, 4) is 0 Å². The fraction of sp³-hybridized carbons (Fsp3) is 0.833. The monoisotopic (exact) mass is 257 g/mol. The third kappa shape index (κ3) is 3.96. The molecule has 0 aromatic rings. The average molecular weight is 257 g/mol. The van der Waals surface area contributed by atoms with E-state index in [1.807, 2.05) is 6.92 Å². The van der Waals surface area contributed by atoms with E-state index in [-0.39, 0.29) is 11.8 Å². The van der Waals surface area contributed by atoms with E-state index >= 15 is 0 Å². The van der Waals surface area contributed by atoms with Crippen LogP contribution in [0.2, 0.25) is 0 Å². The van der Waals surface area contributed by atoms with Crippen LogP contribution in [0, 0.1) is 0 Å².